The highest BCUT2D eigenvalue weighted by Gasteiger charge is 2.23. The second-order valence-electron chi connectivity index (χ2n) is 4.13. The number of ether oxygens (including phenoxy) is 1. The second-order valence-corrected chi connectivity index (χ2v) is 4.13. The molecule has 0 spiro atoms. The van der Waals surface area contributed by atoms with Crippen molar-refractivity contribution < 1.29 is 14.4 Å². The first kappa shape index (κ1) is 13.4. The molecule has 5 heteroatoms. The summed E-state index contributed by atoms with van der Waals surface area (Å²) in [5.41, 5.74) is 4.96. The van der Waals surface area contributed by atoms with Crippen LogP contribution in [0.4, 0.5) is 0 Å². The van der Waals surface area contributed by atoms with Crippen LogP contribution in [-0.4, -0.2) is 24.7 Å². The van der Waals surface area contributed by atoms with Gasteiger partial charge in [-0.1, -0.05) is 0 Å². The van der Waals surface area contributed by atoms with Gasteiger partial charge in [0.1, 0.15) is 5.60 Å². The highest BCUT2D eigenvalue weighted by atomic mass is 16.6. The minimum absolute atomic E-state index is 0.248. The number of rotatable bonds is 5. The van der Waals surface area contributed by atoms with Crippen molar-refractivity contribution in [3.63, 3.8) is 0 Å². The Hall–Kier alpha value is -0.650. The fourth-order valence-electron chi connectivity index (χ4n) is 0.927. The largest absolute Gasteiger partial charge is 0.460 e. The molecule has 0 fully saturated rings. The summed E-state index contributed by atoms with van der Waals surface area (Å²) in [4.78, 5) is 15.9. The fraction of sp³-hybridized carbons (Fsp3) is 0.889. The van der Waals surface area contributed by atoms with Crippen LogP contribution in [0.5, 0.6) is 0 Å². The quantitative estimate of drug-likeness (QED) is 0.493. The summed E-state index contributed by atoms with van der Waals surface area (Å²) in [7, 11) is 0. The third-order valence-corrected chi connectivity index (χ3v) is 1.61. The smallest absolute Gasteiger partial charge is 0.310 e. The number of hydrogen-bond acceptors (Lipinski definition) is 5. The van der Waals surface area contributed by atoms with E-state index in [1.165, 1.54) is 0 Å². The van der Waals surface area contributed by atoms with E-state index in [1.807, 2.05) is 20.8 Å². The Morgan fingerprint density at radius 2 is 2.00 bits per heavy atom. The Morgan fingerprint density at radius 1 is 1.43 bits per heavy atom. The van der Waals surface area contributed by atoms with Crippen LogP contribution in [0.25, 0.3) is 0 Å². The molecular weight excluding hydrogens is 184 g/mol. The predicted molar refractivity (Wildman–Crippen MR) is 53.1 cm³/mol. The van der Waals surface area contributed by atoms with Crippen LogP contribution in [0.2, 0.25) is 0 Å². The van der Waals surface area contributed by atoms with Crippen molar-refractivity contribution in [1.29, 1.82) is 0 Å². The summed E-state index contributed by atoms with van der Waals surface area (Å²) >= 11 is 0. The molecule has 0 amide bonds. The minimum Gasteiger partial charge on any atom is -0.460 e. The highest BCUT2D eigenvalue weighted by Crippen LogP contribution is 2.12. The van der Waals surface area contributed by atoms with E-state index in [4.69, 9.17) is 16.4 Å². The molecule has 14 heavy (non-hydrogen) atoms. The Bertz CT molecular complexity index is 177. The van der Waals surface area contributed by atoms with Gasteiger partial charge < -0.3 is 15.3 Å². The molecule has 1 unspecified atom stereocenters. The average molecular weight is 204 g/mol. The van der Waals surface area contributed by atoms with E-state index in [0.717, 1.165) is 0 Å². The lowest BCUT2D eigenvalue weighted by molar-refractivity contribution is -0.160. The van der Waals surface area contributed by atoms with E-state index in [1.54, 1.807) is 0 Å². The summed E-state index contributed by atoms with van der Waals surface area (Å²) in [6.45, 7) is 6.01. The maximum absolute atomic E-state index is 11.5. The molecule has 0 aromatic heterocycles. The van der Waals surface area contributed by atoms with Crippen LogP contribution < -0.4 is 11.6 Å². The second kappa shape index (κ2) is 5.95. The van der Waals surface area contributed by atoms with Gasteiger partial charge in [-0.25, -0.2) is 5.90 Å². The van der Waals surface area contributed by atoms with Crippen molar-refractivity contribution in [3.05, 3.63) is 0 Å². The van der Waals surface area contributed by atoms with Crippen molar-refractivity contribution in [2.75, 3.05) is 13.2 Å². The van der Waals surface area contributed by atoms with Gasteiger partial charge in [-0.3, -0.25) is 4.79 Å². The molecule has 0 heterocycles. The third-order valence-electron chi connectivity index (χ3n) is 1.61. The lowest BCUT2D eigenvalue weighted by Crippen LogP contribution is -2.33. The summed E-state index contributed by atoms with van der Waals surface area (Å²) < 4.78 is 5.17. The molecule has 1 atom stereocenters. The first-order chi connectivity index (χ1) is 6.40. The van der Waals surface area contributed by atoms with E-state index in [9.17, 15) is 4.79 Å². The number of carbonyl (C=O) groups excluding carboxylic acids is 1. The third kappa shape index (κ3) is 5.90. The van der Waals surface area contributed by atoms with E-state index in [2.05, 4.69) is 4.84 Å². The van der Waals surface area contributed by atoms with E-state index in [0.29, 0.717) is 13.0 Å². The minimum atomic E-state index is -0.478. The van der Waals surface area contributed by atoms with Gasteiger partial charge in [0, 0.05) is 6.54 Å². The summed E-state index contributed by atoms with van der Waals surface area (Å²) in [6.07, 6.45) is 0.488. The van der Waals surface area contributed by atoms with Crippen molar-refractivity contribution in [2.45, 2.75) is 32.8 Å². The van der Waals surface area contributed by atoms with Gasteiger partial charge in [-0.2, -0.15) is 0 Å². The molecule has 0 aliphatic rings. The first-order valence-corrected chi connectivity index (χ1v) is 4.65. The molecular formula is C9H20N2O3. The van der Waals surface area contributed by atoms with Crippen LogP contribution in [0.15, 0.2) is 0 Å². The SMILES string of the molecule is CC(C)(C)OC(=O)C(CN)CCON. The molecule has 0 aliphatic heterocycles. The molecule has 0 saturated carbocycles. The first-order valence-electron chi connectivity index (χ1n) is 4.65. The molecule has 0 aliphatic carbocycles. The molecule has 4 N–H and O–H groups in total. The molecule has 0 aromatic rings. The van der Waals surface area contributed by atoms with Crippen molar-refractivity contribution in [1.82, 2.24) is 0 Å². The van der Waals surface area contributed by atoms with Gasteiger partial charge in [0.25, 0.3) is 0 Å². The van der Waals surface area contributed by atoms with Gasteiger partial charge in [0.05, 0.1) is 12.5 Å². The average Bonchev–Trinajstić information content (AvgIpc) is 2.02. The van der Waals surface area contributed by atoms with E-state index >= 15 is 0 Å². The maximum Gasteiger partial charge on any atom is 0.310 e. The number of hydrogen-bond donors (Lipinski definition) is 2. The van der Waals surface area contributed by atoms with Crippen molar-refractivity contribution in [3.8, 4) is 0 Å². The molecule has 0 bridgehead atoms. The van der Waals surface area contributed by atoms with Crippen LogP contribution in [0.1, 0.15) is 27.2 Å². The van der Waals surface area contributed by atoms with E-state index < -0.39 is 5.60 Å². The topological polar surface area (TPSA) is 87.6 Å². The van der Waals surface area contributed by atoms with Crippen molar-refractivity contribution in [2.24, 2.45) is 17.5 Å². The zero-order valence-corrected chi connectivity index (χ0v) is 9.08. The van der Waals surface area contributed by atoms with Gasteiger partial charge >= 0.3 is 5.97 Å². The standard InChI is InChI=1S/C9H20N2O3/c1-9(2,3)14-8(12)7(6-10)4-5-13-11/h7H,4-6,10-11H2,1-3H3. The number of esters is 1. The summed E-state index contributed by atoms with van der Waals surface area (Å²) in [5, 5.41) is 0. The lowest BCUT2D eigenvalue weighted by atomic mass is 10.1. The van der Waals surface area contributed by atoms with Gasteiger partial charge in [0.15, 0.2) is 0 Å². The Kier molecular flexibility index (Phi) is 5.68. The maximum atomic E-state index is 11.5. The van der Waals surface area contributed by atoms with Crippen LogP contribution in [0.3, 0.4) is 0 Å². The normalized spacial score (nSPS) is 13.8. The summed E-state index contributed by atoms with van der Waals surface area (Å²) in [5.74, 6) is 4.24. The monoisotopic (exact) mass is 204 g/mol. The van der Waals surface area contributed by atoms with E-state index in [-0.39, 0.29) is 18.4 Å². The predicted octanol–water partition coefficient (Wildman–Crippen LogP) is 0.183. The van der Waals surface area contributed by atoms with Crippen LogP contribution in [0, 0.1) is 5.92 Å². The molecule has 5 nitrogen and oxygen atoms in total. The number of carbonyl (C=O) groups is 1. The molecule has 84 valence electrons. The Labute approximate surface area is 84.7 Å². The zero-order chi connectivity index (χ0) is 11.2. The molecule has 0 radical (unpaired) electrons. The lowest BCUT2D eigenvalue weighted by Gasteiger charge is -2.23. The molecule has 0 rings (SSSR count). The van der Waals surface area contributed by atoms with Crippen LogP contribution in [-0.2, 0) is 14.4 Å². The number of nitrogens with two attached hydrogens (primary N) is 2. The Morgan fingerprint density at radius 3 is 2.36 bits per heavy atom. The van der Waals surface area contributed by atoms with Crippen molar-refractivity contribution >= 4 is 5.97 Å². The zero-order valence-electron chi connectivity index (χ0n) is 9.08. The molecule has 0 aromatic carbocycles. The fourth-order valence-corrected chi connectivity index (χ4v) is 0.927. The van der Waals surface area contributed by atoms with Gasteiger partial charge in [-0.15, -0.1) is 0 Å². The van der Waals surface area contributed by atoms with Crippen LogP contribution >= 0.6 is 0 Å². The van der Waals surface area contributed by atoms with Gasteiger partial charge in [-0.05, 0) is 27.2 Å². The van der Waals surface area contributed by atoms with Gasteiger partial charge in [0.2, 0.25) is 0 Å². The highest BCUT2D eigenvalue weighted by molar-refractivity contribution is 5.73. The summed E-state index contributed by atoms with van der Waals surface area (Å²) in [6, 6.07) is 0. The molecule has 0 saturated heterocycles. The Balaban J connectivity index is 4.04.